The van der Waals surface area contributed by atoms with Crippen LogP contribution < -0.4 is 4.74 Å². The van der Waals surface area contributed by atoms with E-state index >= 15 is 0 Å². The molecule has 1 fully saturated rings. The SMILES string of the molecule is CCN(CC)CCN1C(=O)N2[C@H](C3=CCCC=C3)c3[nH]c4ccc(OC)cc4c3C[C@@]2(C)C1=O. The van der Waals surface area contributed by atoms with Crippen LogP contribution in [0.1, 0.15) is 50.9 Å². The van der Waals surface area contributed by atoms with Gasteiger partial charge in [0.2, 0.25) is 0 Å². The second-order valence-corrected chi connectivity index (χ2v) is 9.60. The molecular formula is C27H34N4O3. The van der Waals surface area contributed by atoms with E-state index in [-0.39, 0.29) is 18.0 Å². The van der Waals surface area contributed by atoms with Crippen LogP contribution in [0, 0.1) is 0 Å². The smallest absolute Gasteiger partial charge is 0.328 e. The van der Waals surface area contributed by atoms with E-state index in [4.69, 9.17) is 4.74 Å². The normalized spacial score (nSPS) is 24.1. The standard InChI is InChI=1S/C27H34N4O3/c1-5-29(6-2)14-15-30-25(32)27(3)17-21-20-16-19(34-4)12-13-22(20)28-23(21)24(31(27)26(30)33)18-10-8-7-9-11-18/h8,10-13,16,24,28H,5-7,9,14-15,17H2,1-4H3/t24-,27+/m1/s1. The predicted molar refractivity (Wildman–Crippen MR) is 133 cm³/mol. The van der Waals surface area contributed by atoms with E-state index in [0.717, 1.165) is 59.4 Å². The van der Waals surface area contributed by atoms with E-state index in [1.54, 1.807) is 7.11 Å². The number of fused-ring (bicyclic) bond motifs is 4. The van der Waals surface area contributed by atoms with Crippen molar-refractivity contribution in [2.24, 2.45) is 0 Å². The fraction of sp³-hybridized carbons (Fsp3) is 0.481. The maximum Gasteiger partial charge on any atom is 0.328 e. The third-order valence-corrected chi connectivity index (χ3v) is 7.75. The summed E-state index contributed by atoms with van der Waals surface area (Å²) in [6.07, 6.45) is 8.90. The maximum absolute atomic E-state index is 13.9. The molecule has 1 aliphatic carbocycles. The van der Waals surface area contributed by atoms with Crippen LogP contribution in [0.5, 0.6) is 5.75 Å². The molecule has 3 aliphatic rings. The zero-order valence-electron chi connectivity index (χ0n) is 20.6. The van der Waals surface area contributed by atoms with E-state index in [1.165, 1.54) is 4.90 Å². The Morgan fingerprint density at radius 2 is 2.00 bits per heavy atom. The van der Waals surface area contributed by atoms with Crippen molar-refractivity contribution in [2.75, 3.05) is 33.3 Å². The van der Waals surface area contributed by atoms with Gasteiger partial charge in [-0.3, -0.25) is 14.6 Å². The Morgan fingerprint density at radius 3 is 2.68 bits per heavy atom. The molecule has 0 radical (unpaired) electrons. The van der Waals surface area contributed by atoms with Crippen LogP contribution >= 0.6 is 0 Å². The molecule has 2 atom stereocenters. The van der Waals surface area contributed by atoms with Gasteiger partial charge in [0.1, 0.15) is 11.3 Å². The lowest BCUT2D eigenvalue weighted by Gasteiger charge is -2.43. The van der Waals surface area contributed by atoms with Gasteiger partial charge in [0.15, 0.2) is 0 Å². The average molecular weight is 463 g/mol. The molecule has 34 heavy (non-hydrogen) atoms. The van der Waals surface area contributed by atoms with Gasteiger partial charge in [0, 0.05) is 36.1 Å². The Morgan fingerprint density at radius 1 is 1.21 bits per heavy atom. The van der Waals surface area contributed by atoms with Gasteiger partial charge in [0.05, 0.1) is 13.2 Å². The number of hydrogen-bond acceptors (Lipinski definition) is 4. The number of H-pyrrole nitrogens is 1. The molecule has 7 nitrogen and oxygen atoms in total. The molecule has 5 rings (SSSR count). The number of hydrogen-bond donors (Lipinski definition) is 1. The van der Waals surface area contributed by atoms with Gasteiger partial charge >= 0.3 is 6.03 Å². The molecule has 0 spiro atoms. The second-order valence-electron chi connectivity index (χ2n) is 9.60. The van der Waals surface area contributed by atoms with Gasteiger partial charge in [0.25, 0.3) is 5.91 Å². The van der Waals surface area contributed by atoms with E-state index < -0.39 is 5.54 Å². The first-order valence-corrected chi connectivity index (χ1v) is 12.4. The summed E-state index contributed by atoms with van der Waals surface area (Å²) < 4.78 is 5.49. The number of amides is 3. The lowest BCUT2D eigenvalue weighted by Crippen LogP contribution is -2.53. The van der Waals surface area contributed by atoms with Crippen LogP contribution in [0.15, 0.2) is 42.0 Å². The Labute approximate surface area is 201 Å². The molecule has 3 amide bonds. The Bertz CT molecular complexity index is 1190. The fourth-order valence-electron chi connectivity index (χ4n) is 5.78. The summed E-state index contributed by atoms with van der Waals surface area (Å²) in [5.41, 5.74) is 3.25. The lowest BCUT2D eigenvalue weighted by molar-refractivity contribution is -0.133. The highest BCUT2D eigenvalue weighted by Crippen LogP contribution is 2.49. The van der Waals surface area contributed by atoms with Crippen LogP contribution in [0.3, 0.4) is 0 Å². The number of carbonyl (C=O) groups is 2. The number of rotatable bonds is 7. The first-order chi connectivity index (χ1) is 16.4. The van der Waals surface area contributed by atoms with Crippen molar-refractivity contribution < 1.29 is 14.3 Å². The number of benzene rings is 1. The summed E-state index contributed by atoms with van der Waals surface area (Å²) >= 11 is 0. The number of ether oxygens (including phenoxy) is 1. The maximum atomic E-state index is 13.9. The highest BCUT2D eigenvalue weighted by atomic mass is 16.5. The summed E-state index contributed by atoms with van der Waals surface area (Å²) in [6.45, 7) is 9.03. The molecule has 0 saturated carbocycles. The first kappa shape index (κ1) is 22.7. The zero-order valence-corrected chi connectivity index (χ0v) is 20.6. The molecule has 180 valence electrons. The molecule has 0 unspecified atom stereocenters. The topological polar surface area (TPSA) is 68.9 Å². The molecule has 1 saturated heterocycles. The highest BCUT2D eigenvalue weighted by molar-refractivity contribution is 6.08. The summed E-state index contributed by atoms with van der Waals surface area (Å²) in [4.78, 5) is 36.9. The summed E-state index contributed by atoms with van der Waals surface area (Å²) in [6, 6.07) is 5.48. The molecule has 0 bridgehead atoms. The molecule has 1 aromatic heterocycles. The molecule has 3 heterocycles. The van der Waals surface area contributed by atoms with E-state index in [0.29, 0.717) is 19.5 Å². The number of aromatic amines is 1. The number of imide groups is 1. The zero-order chi connectivity index (χ0) is 24.0. The number of urea groups is 1. The van der Waals surface area contributed by atoms with Crippen molar-refractivity contribution in [3.63, 3.8) is 0 Å². The van der Waals surface area contributed by atoms with Crippen LogP contribution in [-0.4, -0.2) is 70.4 Å². The summed E-state index contributed by atoms with van der Waals surface area (Å²) in [5, 5.41) is 1.06. The van der Waals surface area contributed by atoms with Crippen molar-refractivity contribution in [3.05, 3.63) is 53.3 Å². The van der Waals surface area contributed by atoms with Gasteiger partial charge in [-0.2, -0.15) is 0 Å². The minimum absolute atomic E-state index is 0.0991. The minimum atomic E-state index is -0.928. The summed E-state index contributed by atoms with van der Waals surface area (Å²) in [5.74, 6) is 0.683. The van der Waals surface area contributed by atoms with Crippen LogP contribution in [0.4, 0.5) is 4.79 Å². The number of aromatic nitrogens is 1. The molecule has 2 aromatic rings. The number of nitrogens with zero attached hydrogens (tertiary/aromatic N) is 3. The van der Waals surface area contributed by atoms with Gasteiger partial charge in [-0.05, 0) is 62.2 Å². The Kier molecular flexibility index (Phi) is 5.76. The monoisotopic (exact) mass is 462 g/mol. The van der Waals surface area contributed by atoms with Crippen LogP contribution in [0.2, 0.25) is 0 Å². The minimum Gasteiger partial charge on any atom is -0.497 e. The molecule has 1 N–H and O–H groups in total. The van der Waals surface area contributed by atoms with Crippen molar-refractivity contribution in [1.82, 2.24) is 19.7 Å². The Balaban J connectivity index is 1.62. The predicted octanol–water partition coefficient (Wildman–Crippen LogP) is 4.41. The number of allylic oxidation sites excluding steroid dienone is 2. The molecular weight excluding hydrogens is 428 g/mol. The lowest BCUT2D eigenvalue weighted by atomic mass is 9.80. The fourth-order valence-corrected chi connectivity index (χ4v) is 5.78. The number of likely N-dealkylation sites (N-methyl/N-ethyl adjacent to an activating group) is 1. The third-order valence-electron chi connectivity index (χ3n) is 7.75. The van der Waals surface area contributed by atoms with Crippen molar-refractivity contribution >= 4 is 22.8 Å². The number of methoxy groups -OCH3 is 1. The quantitative estimate of drug-likeness (QED) is 0.619. The molecule has 7 heteroatoms. The number of nitrogens with one attached hydrogen (secondary N) is 1. The largest absolute Gasteiger partial charge is 0.497 e. The van der Waals surface area contributed by atoms with Crippen LogP contribution in [0.25, 0.3) is 10.9 Å². The van der Waals surface area contributed by atoms with E-state index in [2.05, 4.69) is 42.0 Å². The van der Waals surface area contributed by atoms with Gasteiger partial charge in [-0.15, -0.1) is 0 Å². The Hall–Kier alpha value is -3.06. The van der Waals surface area contributed by atoms with Gasteiger partial charge < -0.3 is 14.6 Å². The first-order valence-electron chi connectivity index (χ1n) is 12.4. The molecule has 2 aliphatic heterocycles. The summed E-state index contributed by atoms with van der Waals surface area (Å²) in [7, 11) is 1.66. The van der Waals surface area contributed by atoms with Crippen molar-refractivity contribution in [2.45, 2.75) is 51.6 Å². The third kappa shape index (κ3) is 3.36. The van der Waals surface area contributed by atoms with E-state index in [9.17, 15) is 9.59 Å². The molecule has 1 aromatic carbocycles. The van der Waals surface area contributed by atoms with E-state index in [1.807, 2.05) is 30.0 Å². The highest BCUT2D eigenvalue weighted by Gasteiger charge is 2.60. The average Bonchev–Trinajstić information content (AvgIpc) is 3.30. The van der Waals surface area contributed by atoms with Crippen LogP contribution in [-0.2, 0) is 11.2 Å². The second kappa shape index (κ2) is 8.62. The van der Waals surface area contributed by atoms with Gasteiger partial charge in [-0.25, -0.2) is 4.79 Å². The van der Waals surface area contributed by atoms with Crippen molar-refractivity contribution in [1.29, 1.82) is 0 Å². The van der Waals surface area contributed by atoms with Crippen molar-refractivity contribution in [3.8, 4) is 5.75 Å². The number of carbonyl (C=O) groups excluding carboxylic acids is 2. The van der Waals surface area contributed by atoms with Gasteiger partial charge in [-0.1, -0.05) is 32.1 Å².